The standard InChI is InChI=1S/C18H20N2O5S/c1-20(2)26(23,24)16-7-5-4-6-15(16)12-19-17(21)13-8-10-14(11-9-13)18(22)25-3/h4-11H,12H2,1-3H3,(H,19,21). The third-order valence-electron chi connectivity index (χ3n) is 3.74. The summed E-state index contributed by atoms with van der Waals surface area (Å²) in [4.78, 5) is 23.8. The van der Waals surface area contributed by atoms with E-state index in [1.54, 1.807) is 18.2 Å². The molecule has 7 nitrogen and oxygen atoms in total. The summed E-state index contributed by atoms with van der Waals surface area (Å²) in [6, 6.07) is 12.5. The Morgan fingerprint density at radius 3 is 2.15 bits per heavy atom. The van der Waals surface area contributed by atoms with Crippen LogP contribution in [0.3, 0.4) is 0 Å². The van der Waals surface area contributed by atoms with Crippen molar-refractivity contribution < 1.29 is 22.7 Å². The number of methoxy groups -OCH3 is 1. The molecule has 0 aromatic heterocycles. The van der Waals surface area contributed by atoms with Crippen molar-refractivity contribution in [1.29, 1.82) is 0 Å². The summed E-state index contributed by atoms with van der Waals surface area (Å²) in [5, 5.41) is 2.69. The van der Waals surface area contributed by atoms with Gasteiger partial charge in [0.15, 0.2) is 0 Å². The van der Waals surface area contributed by atoms with Crippen molar-refractivity contribution in [3.63, 3.8) is 0 Å². The normalized spacial score (nSPS) is 11.2. The number of ether oxygens (including phenoxy) is 1. The Kier molecular flexibility index (Phi) is 6.12. The van der Waals surface area contributed by atoms with Crippen LogP contribution in [0, 0.1) is 0 Å². The van der Waals surface area contributed by atoms with Gasteiger partial charge in [0.2, 0.25) is 10.0 Å². The molecular weight excluding hydrogens is 356 g/mol. The van der Waals surface area contributed by atoms with E-state index in [0.29, 0.717) is 16.7 Å². The van der Waals surface area contributed by atoms with E-state index in [4.69, 9.17) is 0 Å². The Hall–Kier alpha value is -2.71. The topological polar surface area (TPSA) is 92.8 Å². The number of carbonyl (C=O) groups is 2. The Bertz CT molecular complexity index is 905. The van der Waals surface area contributed by atoms with Gasteiger partial charge in [-0.2, -0.15) is 0 Å². The minimum absolute atomic E-state index is 0.0564. The predicted octanol–water partition coefficient (Wildman–Crippen LogP) is 1.65. The molecule has 0 atom stereocenters. The summed E-state index contributed by atoms with van der Waals surface area (Å²) in [7, 11) is 0.576. The monoisotopic (exact) mass is 376 g/mol. The number of hydrogen-bond acceptors (Lipinski definition) is 5. The molecule has 1 amide bonds. The highest BCUT2D eigenvalue weighted by molar-refractivity contribution is 7.89. The number of carbonyl (C=O) groups excluding carboxylic acids is 2. The van der Waals surface area contributed by atoms with Gasteiger partial charge in [0.05, 0.1) is 17.6 Å². The fraction of sp³-hybridized carbons (Fsp3) is 0.222. The molecule has 2 rings (SSSR count). The van der Waals surface area contributed by atoms with Crippen molar-refractivity contribution in [3.05, 3.63) is 65.2 Å². The van der Waals surface area contributed by atoms with Gasteiger partial charge >= 0.3 is 5.97 Å². The van der Waals surface area contributed by atoms with Gasteiger partial charge < -0.3 is 10.1 Å². The molecule has 2 aromatic carbocycles. The molecule has 0 aliphatic carbocycles. The van der Waals surface area contributed by atoms with Crippen LogP contribution in [0.1, 0.15) is 26.3 Å². The smallest absolute Gasteiger partial charge is 0.337 e. The predicted molar refractivity (Wildman–Crippen MR) is 96.3 cm³/mol. The Morgan fingerprint density at radius 2 is 1.58 bits per heavy atom. The van der Waals surface area contributed by atoms with Crippen LogP contribution < -0.4 is 5.32 Å². The second-order valence-corrected chi connectivity index (χ2v) is 7.77. The average Bonchev–Trinajstić information content (AvgIpc) is 2.65. The second-order valence-electron chi connectivity index (χ2n) is 5.65. The van der Waals surface area contributed by atoms with Crippen LogP contribution in [0.5, 0.6) is 0 Å². The molecule has 0 bridgehead atoms. The molecule has 0 fully saturated rings. The second kappa shape index (κ2) is 8.11. The number of esters is 1. The highest BCUT2D eigenvalue weighted by Crippen LogP contribution is 2.18. The van der Waals surface area contributed by atoms with Gasteiger partial charge in [0.25, 0.3) is 5.91 Å². The van der Waals surface area contributed by atoms with E-state index in [2.05, 4.69) is 10.1 Å². The lowest BCUT2D eigenvalue weighted by Gasteiger charge is -2.15. The number of nitrogens with one attached hydrogen (secondary N) is 1. The maximum Gasteiger partial charge on any atom is 0.337 e. The molecule has 2 aromatic rings. The first kappa shape index (κ1) is 19.6. The van der Waals surface area contributed by atoms with Gasteiger partial charge in [-0.25, -0.2) is 17.5 Å². The summed E-state index contributed by atoms with van der Waals surface area (Å²) in [5.41, 5.74) is 1.18. The third kappa shape index (κ3) is 4.27. The first-order chi connectivity index (χ1) is 12.3. The highest BCUT2D eigenvalue weighted by Gasteiger charge is 2.21. The molecule has 0 aliphatic rings. The molecule has 0 heterocycles. The van der Waals surface area contributed by atoms with E-state index >= 15 is 0 Å². The lowest BCUT2D eigenvalue weighted by molar-refractivity contribution is 0.0600. The van der Waals surface area contributed by atoms with Crippen LogP contribution in [-0.4, -0.2) is 45.8 Å². The van der Waals surface area contributed by atoms with Crippen LogP contribution in [0.15, 0.2) is 53.4 Å². The Labute approximate surface area is 152 Å². The fourth-order valence-corrected chi connectivity index (χ4v) is 3.37. The SMILES string of the molecule is COC(=O)c1ccc(C(=O)NCc2ccccc2S(=O)(=O)N(C)C)cc1. The molecule has 0 aliphatic heterocycles. The van der Waals surface area contributed by atoms with Crippen molar-refractivity contribution >= 4 is 21.9 Å². The quantitative estimate of drug-likeness (QED) is 0.774. The van der Waals surface area contributed by atoms with E-state index in [9.17, 15) is 18.0 Å². The maximum atomic E-state index is 12.4. The highest BCUT2D eigenvalue weighted by atomic mass is 32.2. The van der Waals surface area contributed by atoms with Crippen LogP contribution in [0.25, 0.3) is 0 Å². The molecule has 1 N–H and O–H groups in total. The summed E-state index contributed by atoms with van der Waals surface area (Å²) >= 11 is 0. The summed E-state index contributed by atoms with van der Waals surface area (Å²) in [5.74, 6) is -0.863. The minimum Gasteiger partial charge on any atom is -0.465 e. The van der Waals surface area contributed by atoms with E-state index in [1.165, 1.54) is 51.5 Å². The zero-order valence-corrected chi connectivity index (χ0v) is 15.5. The number of hydrogen-bond donors (Lipinski definition) is 1. The molecule has 138 valence electrons. The number of benzene rings is 2. The molecule has 0 radical (unpaired) electrons. The van der Waals surface area contributed by atoms with Crippen molar-refractivity contribution in [1.82, 2.24) is 9.62 Å². The summed E-state index contributed by atoms with van der Waals surface area (Å²) in [6.07, 6.45) is 0. The Balaban J connectivity index is 2.15. The van der Waals surface area contributed by atoms with Crippen molar-refractivity contribution in [3.8, 4) is 0 Å². The van der Waals surface area contributed by atoms with Gasteiger partial charge in [-0.05, 0) is 35.9 Å². The molecule has 8 heteroatoms. The lowest BCUT2D eigenvalue weighted by atomic mass is 10.1. The minimum atomic E-state index is -3.61. The van der Waals surface area contributed by atoms with E-state index in [-0.39, 0.29) is 17.3 Å². The van der Waals surface area contributed by atoms with Crippen LogP contribution in [0.2, 0.25) is 0 Å². The van der Waals surface area contributed by atoms with E-state index in [0.717, 1.165) is 4.31 Å². The number of rotatable bonds is 6. The van der Waals surface area contributed by atoms with Crippen LogP contribution in [-0.2, 0) is 21.3 Å². The van der Waals surface area contributed by atoms with Gasteiger partial charge in [-0.1, -0.05) is 18.2 Å². The van der Waals surface area contributed by atoms with Crippen molar-refractivity contribution in [2.45, 2.75) is 11.4 Å². The Morgan fingerprint density at radius 1 is 1.00 bits per heavy atom. The summed E-state index contributed by atoms with van der Waals surface area (Å²) in [6.45, 7) is 0.0564. The number of nitrogens with zero attached hydrogens (tertiary/aromatic N) is 1. The molecule has 0 saturated heterocycles. The zero-order chi connectivity index (χ0) is 19.3. The van der Waals surface area contributed by atoms with Gasteiger partial charge in [0.1, 0.15) is 0 Å². The van der Waals surface area contributed by atoms with Crippen molar-refractivity contribution in [2.75, 3.05) is 21.2 Å². The van der Waals surface area contributed by atoms with E-state index < -0.39 is 16.0 Å². The fourth-order valence-electron chi connectivity index (χ4n) is 2.25. The molecule has 0 unspecified atom stereocenters. The lowest BCUT2D eigenvalue weighted by Crippen LogP contribution is -2.27. The van der Waals surface area contributed by atoms with Crippen LogP contribution in [0.4, 0.5) is 0 Å². The average molecular weight is 376 g/mol. The molecule has 26 heavy (non-hydrogen) atoms. The third-order valence-corrected chi connectivity index (χ3v) is 5.65. The maximum absolute atomic E-state index is 12.4. The van der Waals surface area contributed by atoms with Crippen LogP contribution >= 0.6 is 0 Å². The van der Waals surface area contributed by atoms with Crippen molar-refractivity contribution in [2.24, 2.45) is 0 Å². The number of amides is 1. The van der Waals surface area contributed by atoms with Gasteiger partial charge in [0, 0.05) is 26.2 Å². The van der Waals surface area contributed by atoms with E-state index in [1.807, 2.05) is 0 Å². The molecule has 0 saturated carbocycles. The first-order valence-electron chi connectivity index (χ1n) is 7.74. The van der Waals surface area contributed by atoms with Gasteiger partial charge in [-0.3, -0.25) is 4.79 Å². The number of sulfonamides is 1. The largest absolute Gasteiger partial charge is 0.465 e. The molecule has 0 spiro atoms. The molecular formula is C18H20N2O5S. The van der Waals surface area contributed by atoms with Gasteiger partial charge in [-0.15, -0.1) is 0 Å². The summed E-state index contributed by atoms with van der Waals surface area (Å²) < 4.78 is 30.5. The zero-order valence-electron chi connectivity index (χ0n) is 14.7. The first-order valence-corrected chi connectivity index (χ1v) is 9.18.